The summed E-state index contributed by atoms with van der Waals surface area (Å²) >= 11 is 0. The molecule has 0 radical (unpaired) electrons. The second-order valence-corrected chi connectivity index (χ2v) is 5.36. The monoisotopic (exact) mass is 247 g/mol. The summed E-state index contributed by atoms with van der Waals surface area (Å²) in [7, 11) is 1.78. The first-order chi connectivity index (χ1) is 8.82. The summed E-state index contributed by atoms with van der Waals surface area (Å²) in [4.78, 5) is 0. The van der Waals surface area contributed by atoms with E-state index in [1.807, 2.05) is 0 Å². The normalized spacial score (nSPS) is 17.9. The van der Waals surface area contributed by atoms with Gasteiger partial charge in [-0.2, -0.15) is 0 Å². The number of rotatable bonds is 6. The van der Waals surface area contributed by atoms with Crippen LogP contribution in [0.4, 0.5) is 0 Å². The van der Waals surface area contributed by atoms with Crippen molar-refractivity contribution in [2.75, 3.05) is 20.2 Å². The van der Waals surface area contributed by atoms with Crippen molar-refractivity contribution in [3.63, 3.8) is 0 Å². The number of methoxy groups -OCH3 is 1. The average molecular weight is 247 g/mol. The van der Waals surface area contributed by atoms with Gasteiger partial charge in [0.1, 0.15) is 5.75 Å². The Morgan fingerprint density at radius 3 is 2.61 bits per heavy atom. The van der Waals surface area contributed by atoms with E-state index >= 15 is 0 Å². The Bertz CT molecular complexity index is 369. The fourth-order valence-electron chi connectivity index (χ4n) is 3.18. The lowest BCUT2D eigenvalue weighted by Gasteiger charge is -2.31. The minimum absolute atomic E-state index is 0.293. The van der Waals surface area contributed by atoms with Gasteiger partial charge in [0.05, 0.1) is 7.11 Å². The van der Waals surface area contributed by atoms with Crippen LogP contribution >= 0.6 is 0 Å². The molecule has 0 saturated heterocycles. The second-order valence-electron chi connectivity index (χ2n) is 5.36. The zero-order chi connectivity index (χ0) is 12.8. The molecule has 1 aromatic carbocycles. The Labute approximate surface area is 111 Å². The number of hydrogen-bond acceptors (Lipinski definition) is 2. The summed E-state index contributed by atoms with van der Waals surface area (Å²) < 4.78 is 5.56. The molecule has 0 amide bonds. The topological polar surface area (TPSA) is 21.3 Å². The molecule has 1 saturated carbocycles. The second kappa shape index (κ2) is 6.24. The van der Waals surface area contributed by atoms with E-state index in [-0.39, 0.29) is 0 Å². The van der Waals surface area contributed by atoms with Crippen molar-refractivity contribution in [1.82, 2.24) is 5.32 Å². The fraction of sp³-hybridized carbons (Fsp3) is 0.625. The third-order valence-corrected chi connectivity index (χ3v) is 4.13. The fourth-order valence-corrected chi connectivity index (χ4v) is 3.18. The van der Waals surface area contributed by atoms with Crippen LogP contribution in [0.2, 0.25) is 0 Å². The van der Waals surface area contributed by atoms with Crippen molar-refractivity contribution in [2.24, 2.45) is 0 Å². The third-order valence-electron chi connectivity index (χ3n) is 4.13. The van der Waals surface area contributed by atoms with Gasteiger partial charge in [-0.3, -0.25) is 0 Å². The van der Waals surface area contributed by atoms with Crippen LogP contribution in [0.5, 0.6) is 5.75 Å². The molecule has 2 rings (SSSR count). The van der Waals surface area contributed by atoms with Crippen molar-refractivity contribution in [2.45, 2.75) is 44.4 Å². The molecule has 1 fully saturated rings. The Kier molecular flexibility index (Phi) is 4.65. The highest BCUT2D eigenvalue weighted by atomic mass is 16.5. The quantitative estimate of drug-likeness (QED) is 0.777. The lowest BCUT2D eigenvalue weighted by molar-refractivity contribution is 0.362. The number of ether oxygens (including phenoxy) is 1. The Balaban J connectivity index is 2.23. The Morgan fingerprint density at radius 2 is 1.94 bits per heavy atom. The molecule has 0 aromatic heterocycles. The maximum Gasteiger partial charge on any atom is 0.122 e. The van der Waals surface area contributed by atoms with Crippen molar-refractivity contribution in [3.8, 4) is 5.75 Å². The van der Waals surface area contributed by atoms with Crippen molar-refractivity contribution in [1.29, 1.82) is 0 Å². The number of nitrogens with one attached hydrogen (secondary N) is 1. The molecule has 1 aliphatic rings. The standard InChI is InChI=1S/C16H25NO/c1-3-12-17-13-16(10-6-7-11-16)14-8-4-5-9-15(14)18-2/h4-5,8-9,17H,3,6-7,10-13H2,1-2H3. The lowest BCUT2D eigenvalue weighted by Crippen LogP contribution is -2.36. The van der Waals surface area contributed by atoms with E-state index in [9.17, 15) is 0 Å². The minimum atomic E-state index is 0.293. The smallest absolute Gasteiger partial charge is 0.122 e. The molecule has 100 valence electrons. The van der Waals surface area contributed by atoms with Gasteiger partial charge in [0, 0.05) is 17.5 Å². The van der Waals surface area contributed by atoms with Crippen LogP contribution in [-0.2, 0) is 5.41 Å². The van der Waals surface area contributed by atoms with Crippen LogP contribution in [0.3, 0.4) is 0 Å². The molecule has 1 aromatic rings. The Hall–Kier alpha value is -1.02. The molecular formula is C16H25NO. The SMILES string of the molecule is CCCNCC1(c2ccccc2OC)CCCC1. The van der Waals surface area contributed by atoms with Crippen molar-refractivity contribution in [3.05, 3.63) is 29.8 Å². The van der Waals surface area contributed by atoms with E-state index in [0.717, 1.165) is 18.8 Å². The molecule has 1 aliphatic carbocycles. The van der Waals surface area contributed by atoms with Crippen LogP contribution in [0.25, 0.3) is 0 Å². The molecule has 0 spiro atoms. The van der Waals surface area contributed by atoms with E-state index in [2.05, 4.69) is 36.5 Å². The molecule has 0 aliphatic heterocycles. The third kappa shape index (κ3) is 2.69. The maximum atomic E-state index is 5.56. The summed E-state index contributed by atoms with van der Waals surface area (Å²) in [5.74, 6) is 1.05. The van der Waals surface area contributed by atoms with Crippen molar-refractivity contribution >= 4 is 0 Å². The molecular weight excluding hydrogens is 222 g/mol. The van der Waals surface area contributed by atoms with Crippen LogP contribution in [0.1, 0.15) is 44.6 Å². The van der Waals surface area contributed by atoms with E-state index in [1.54, 1.807) is 7.11 Å². The van der Waals surface area contributed by atoms with Gasteiger partial charge in [0.25, 0.3) is 0 Å². The maximum absolute atomic E-state index is 5.56. The molecule has 0 unspecified atom stereocenters. The first-order valence-electron chi connectivity index (χ1n) is 7.16. The summed E-state index contributed by atoms with van der Waals surface area (Å²) in [6.07, 6.45) is 6.44. The molecule has 0 heterocycles. The predicted molar refractivity (Wildman–Crippen MR) is 76.3 cm³/mol. The highest BCUT2D eigenvalue weighted by Gasteiger charge is 2.37. The van der Waals surface area contributed by atoms with Crippen LogP contribution in [-0.4, -0.2) is 20.2 Å². The summed E-state index contributed by atoms with van der Waals surface area (Å²) in [5.41, 5.74) is 1.69. The average Bonchev–Trinajstić information content (AvgIpc) is 2.89. The van der Waals surface area contributed by atoms with E-state index in [4.69, 9.17) is 4.74 Å². The van der Waals surface area contributed by atoms with Crippen molar-refractivity contribution < 1.29 is 4.74 Å². The molecule has 18 heavy (non-hydrogen) atoms. The van der Waals surface area contributed by atoms with Gasteiger partial charge in [0.15, 0.2) is 0 Å². The summed E-state index contributed by atoms with van der Waals surface area (Å²) in [5, 5.41) is 3.61. The van der Waals surface area contributed by atoms with Gasteiger partial charge in [0.2, 0.25) is 0 Å². The van der Waals surface area contributed by atoms with Gasteiger partial charge in [-0.1, -0.05) is 38.0 Å². The van der Waals surface area contributed by atoms with E-state index in [0.29, 0.717) is 5.41 Å². The molecule has 1 N–H and O–H groups in total. The molecule has 2 heteroatoms. The number of benzene rings is 1. The largest absolute Gasteiger partial charge is 0.496 e. The van der Waals surface area contributed by atoms with Gasteiger partial charge in [-0.15, -0.1) is 0 Å². The predicted octanol–water partition coefficient (Wildman–Crippen LogP) is 3.51. The Morgan fingerprint density at radius 1 is 1.22 bits per heavy atom. The minimum Gasteiger partial charge on any atom is -0.496 e. The van der Waals surface area contributed by atoms with Gasteiger partial charge in [-0.05, 0) is 31.9 Å². The van der Waals surface area contributed by atoms with Crippen LogP contribution in [0.15, 0.2) is 24.3 Å². The highest BCUT2D eigenvalue weighted by Crippen LogP contribution is 2.44. The zero-order valence-corrected chi connectivity index (χ0v) is 11.7. The van der Waals surface area contributed by atoms with Crippen LogP contribution in [0, 0.1) is 0 Å². The van der Waals surface area contributed by atoms with Gasteiger partial charge in [-0.25, -0.2) is 0 Å². The van der Waals surface area contributed by atoms with E-state index < -0.39 is 0 Å². The number of hydrogen-bond donors (Lipinski definition) is 1. The summed E-state index contributed by atoms with van der Waals surface area (Å²) in [6, 6.07) is 8.54. The van der Waals surface area contributed by atoms with Gasteiger partial charge >= 0.3 is 0 Å². The van der Waals surface area contributed by atoms with Crippen LogP contribution < -0.4 is 10.1 Å². The highest BCUT2D eigenvalue weighted by molar-refractivity contribution is 5.40. The molecule has 0 bridgehead atoms. The lowest BCUT2D eigenvalue weighted by atomic mass is 9.78. The summed E-state index contributed by atoms with van der Waals surface area (Å²) in [6.45, 7) is 4.41. The molecule has 0 atom stereocenters. The first-order valence-corrected chi connectivity index (χ1v) is 7.16. The zero-order valence-electron chi connectivity index (χ0n) is 11.7. The van der Waals surface area contributed by atoms with E-state index in [1.165, 1.54) is 37.7 Å². The first kappa shape index (κ1) is 13.4. The molecule has 2 nitrogen and oxygen atoms in total. The number of para-hydroxylation sites is 1. The van der Waals surface area contributed by atoms with Gasteiger partial charge < -0.3 is 10.1 Å².